The molecular formula is C15H20N4O2. The first kappa shape index (κ1) is 13.9. The average molecular weight is 288 g/mol. The van der Waals surface area contributed by atoms with Gasteiger partial charge in [0, 0.05) is 0 Å². The van der Waals surface area contributed by atoms with E-state index in [1.807, 2.05) is 0 Å². The van der Waals surface area contributed by atoms with E-state index in [1.54, 1.807) is 22.6 Å². The van der Waals surface area contributed by atoms with Gasteiger partial charge in [0.15, 0.2) is 5.69 Å². The van der Waals surface area contributed by atoms with Gasteiger partial charge in [-0.1, -0.05) is 18.9 Å². The van der Waals surface area contributed by atoms with Crippen molar-refractivity contribution in [2.45, 2.75) is 32.2 Å². The molecule has 0 aromatic carbocycles. The van der Waals surface area contributed by atoms with Gasteiger partial charge in [-0.05, 0) is 38.1 Å². The molecule has 112 valence electrons. The van der Waals surface area contributed by atoms with Crippen molar-refractivity contribution in [2.24, 2.45) is 0 Å². The molecule has 6 nitrogen and oxygen atoms in total. The van der Waals surface area contributed by atoms with Crippen LogP contribution in [0.15, 0.2) is 18.2 Å². The van der Waals surface area contributed by atoms with E-state index in [0.717, 1.165) is 13.1 Å². The van der Waals surface area contributed by atoms with E-state index < -0.39 is 5.97 Å². The highest BCUT2D eigenvalue weighted by atomic mass is 16.4. The summed E-state index contributed by atoms with van der Waals surface area (Å²) in [6, 6.07) is 5.28. The second kappa shape index (κ2) is 5.73. The first-order valence-electron chi connectivity index (χ1n) is 7.38. The number of aromatic carboxylic acids is 1. The number of carboxylic acid groups (broad SMARTS) is 1. The first-order chi connectivity index (χ1) is 10.2. The van der Waals surface area contributed by atoms with Crippen LogP contribution in [0.5, 0.6) is 0 Å². The van der Waals surface area contributed by atoms with E-state index in [9.17, 15) is 9.90 Å². The van der Waals surface area contributed by atoms with Crippen molar-refractivity contribution in [3.8, 4) is 0 Å². The van der Waals surface area contributed by atoms with Gasteiger partial charge in [-0.3, -0.25) is 9.30 Å². The molecule has 6 heteroatoms. The number of imidazole rings is 1. The Hall–Kier alpha value is -2.08. The third-order valence-corrected chi connectivity index (χ3v) is 4.03. The Labute approximate surface area is 123 Å². The normalized spacial score (nSPS) is 17.0. The van der Waals surface area contributed by atoms with Gasteiger partial charge in [0.2, 0.25) is 0 Å². The molecule has 0 radical (unpaired) electrons. The highest BCUT2D eigenvalue weighted by molar-refractivity contribution is 5.94. The van der Waals surface area contributed by atoms with Crippen LogP contribution in [0.25, 0.3) is 5.52 Å². The molecule has 2 aromatic heterocycles. The van der Waals surface area contributed by atoms with Crippen LogP contribution >= 0.6 is 0 Å². The molecule has 0 unspecified atom stereocenters. The van der Waals surface area contributed by atoms with Gasteiger partial charge in [0.25, 0.3) is 0 Å². The van der Waals surface area contributed by atoms with Crippen molar-refractivity contribution in [3.05, 3.63) is 29.7 Å². The number of hydrogen-bond acceptors (Lipinski definition) is 4. The number of likely N-dealkylation sites (tertiary alicyclic amines) is 1. The fourth-order valence-corrected chi connectivity index (χ4v) is 2.99. The van der Waals surface area contributed by atoms with E-state index in [-0.39, 0.29) is 5.69 Å². The van der Waals surface area contributed by atoms with Gasteiger partial charge in [0.05, 0.1) is 12.1 Å². The summed E-state index contributed by atoms with van der Waals surface area (Å²) in [6.07, 6.45) is 4.90. The van der Waals surface area contributed by atoms with Crippen molar-refractivity contribution in [2.75, 3.05) is 18.8 Å². The minimum absolute atomic E-state index is 0.0760. The third kappa shape index (κ3) is 2.71. The average Bonchev–Trinajstić information content (AvgIpc) is 2.64. The Bertz CT molecular complexity index is 657. The van der Waals surface area contributed by atoms with Crippen molar-refractivity contribution >= 4 is 17.3 Å². The van der Waals surface area contributed by atoms with Crippen LogP contribution in [0.1, 0.15) is 42.0 Å². The van der Waals surface area contributed by atoms with Crippen molar-refractivity contribution < 1.29 is 9.90 Å². The summed E-state index contributed by atoms with van der Waals surface area (Å²) in [6.45, 7) is 2.71. The molecule has 21 heavy (non-hydrogen) atoms. The maximum absolute atomic E-state index is 11.4. The van der Waals surface area contributed by atoms with Crippen LogP contribution in [0.4, 0.5) is 5.82 Å². The van der Waals surface area contributed by atoms with E-state index >= 15 is 0 Å². The summed E-state index contributed by atoms with van der Waals surface area (Å²) in [5.41, 5.74) is 6.66. The monoisotopic (exact) mass is 288 g/mol. The smallest absolute Gasteiger partial charge is 0.356 e. The molecule has 1 fully saturated rings. The number of carboxylic acids is 1. The fourth-order valence-electron chi connectivity index (χ4n) is 2.99. The number of fused-ring (bicyclic) bond motifs is 1. The lowest BCUT2D eigenvalue weighted by Gasteiger charge is -2.19. The van der Waals surface area contributed by atoms with Crippen LogP contribution < -0.4 is 5.73 Å². The largest absolute Gasteiger partial charge is 0.476 e. The highest BCUT2D eigenvalue weighted by Crippen LogP contribution is 2.20. The molecule has 3 heterocycles. The standard InChI is InChI=1S/C15H20N4O2/c16-12-7-5-6-11-14(15(20)21)17-13(19(11)12)10-18-8-3-1-2-4-9-18/h5-7H,1-4,8-10,16H2,(H,20,21). The summed E-state index contributed by atoms with van der Waals surface area (Å²) in [5.74, 6) is 0.222. The predicted molar refractivity (Wildman–Crippen MR) is 80.3 cm³/mol. The highest BCUT2D eigenvalue weighted by Gasteiger charge is 2.20. The maximum Gasteiger partial charge on any atom is 0.356 e. The molecule has 3 N–H and O–H groups in total. The molecule has 2 aromatic rings. The summed E-state index contributed by atoms with van der Waals surface area (Å²) in [5, 5.41) is 9.31. The first-order valence-corrected chi connectivity index (χ1v) is 7.38. The van der Waals surface area contributed by atoms with Crippen LogP contribution in [0.2, 0.25) is 0 Å². The zero-order chi connectivity index (χ0) is 14.8. The van der Waals surface area contributed by atoms with E-state index in [0.29, 0.717) is 23.7 Å². The summed E-state index contributed by atoms with van der Waals surface area (Å²) in [4.78, 5) is 18.0. The molecule has 1 saturated heterocycles. The van der Waals surface area contributed by atoms with Gasteiger partial charge >= 0.3 is 5.97 Å². The second-order valence-electron chi connectivity index (χ2n) is 5.54. The minimum atomic E-state index is -1.01. The number of hydrogen-bond donors (Lipinski definition) is 2. The second-order valence-corrected chi connectivity index (χ2v) is 5.54. The van der Waals surface area contributed by atoms with Crippen molar-refractivity contribution in [1.82, 2.24) is 14.3 Å². The molecule has 0 spiro atoms. The number of nitrogens with zero attached hydrogens (tertiary/aromatic N) is 3. The van der Waals surface area contributed by atoms with Crippen LogP contribution in [0, 0.1) is 0 Å². The molecule has 1 aliphatic heterocycles. The van der Waals surface area contributed by atoms with Crippen LogP contribution in [-0.2, 0) is 6.54 Å². The van der Waals surface area contributed by atoms with Crippen molar-refractivity contribution in [1.29, 1.82) is 0 Å². The Morgan fingerprint density at radius 3 is 2.62 bits per heavy atom. The predicted octanol–water partition coefficient (Wildman–Crippen LogP) is 1.99. The molecule has 0 aliphatic carbocycles. The van der Waals surface area contributed by atoms with E-state index in [4.69, 9.17) is 5.73 Å². The lowest BCUT2D eigenvalue weighted by atomic mass is 10.2. The van der Waals surface area contributed by atoms with E-state index in [2.05, 4.69) is 9.88 Å². The summed E-state index contributed by atoms with van der Waals surface area (Å²) in [7, 11) is 0. The Morgan fingerprint density at radius 2 is 1.95 bits per heavy atom. The number of carbonyl (C=O) groups is 1. The summed E-state index contributed by atoms with van der Waals surface area (Å²) < 4.78 is 1.76. The molecule has 0 amide bonds. The lowest BCUT2D eigenvalue weighted by molar-refractivity contribution is 0.0693. The molecule has 0 saturated carbocycles. The topological polar surface area (TPSA) is 83.9 Å². The van der Waals surface area contributed by atoms with Crippen LogP contribution in [0.3, 0.4) is 0 Å². The Balaban J connectivity index is 1.99. The van der Waals surface area contributed by atoms with Gasteiger partial charge in [0.1, 0.15) is 11.6 Å². The van der Waals surface area contributed by atoms with E-state index in [1.165, 1.54) is 25.7 Å². The Morgan fingerprint density at radius 1 is 1.24 bits per heavy atom. The molecule has 0 atom stereocenters. The zero-order valence-corrected chi connectivity index (χ0v) is 12.0. The zero-order valence-electron chi connectivity index (χ0n) is 12.0. The quantitative estimate of drug-likeness (QED) is 0.902. The van der Waals surface area contributed by atoms with Gasteiger partial charge in [-0.15, -0.1) is 0 Å². The molecular weight excluding hydrogens is 268 g/mol. The Kier molecular flexibility index (Phi) is 3.79. The summed E-state index contributed by atoms with van der Waals surface area (Å²) >= 11 is 0. The number of nitrogen functional groups attached to an aromatic ring is 1. The van der Waals surface area contributed by atoms with Crippen molar-refractivity contribution in [3.63, 3.8) is 0 Å². The molecule has 1 aliphatic rings. The number of rotatable bonds is 3. The number of anilines is 1. The van der Waals surface area contributed by atoms with Gasteiger partial charge in [-0.2, -0.15) is 0 Å². The minimum Gasteiger partial charge on any atom is -0.476 e. The number of nitrogens with two attached hydrogens (primary N) is 1. The third-order valence-electron chi connectivity index (χ3n) is 4.03. The molecule has 3 rings (SSSR count). The number of aromatic nitrogens is 2. The van der Waals surface area contributed by atoms with Gasteiger partial charge < -0.3 is 10.8 Å². The molecule has 0 bridgehead atoms. The lowest BCUT2D eigenvalue weighted by Crippen LogP contribution is -2.25. The maximum atomic E-state index is 11.4. The fraction of sp³-hybridized carbons (Fsp3) is 0.467. The SMILES string of the molecule is Nc1cccc2c(C(=O)O)nc(CN3CCCCCC3)n12. The van der Waals surface area contributed by atoms with Crippen LogP contribution in [-0.4, -0.2) is 38.4 Å². The number of pyridine rings is 1. The van der Waals surface area contributed by atoms with Gasteiger partial charge in [-0.25, -0.2) is 9.78 Å².